The lowest BCUT2D eigenvalue weighted by Gasteiger charge is -2.07. The monoisotopic (exact) mass is 266 g/mol. The number of hydrogen-bond donors (Lipinski definition) is 0. The van der Waals surface area contributed by atoms with Crippen molar-refractivity contribution >= 4 is 11.6 Å². The number of halogens is 3. The highest BCUT2D eigenvalue weighted by molar-refractivity contribution is 6.30. The van der Waals surface area contributed by atoms with Gasteiger partial charge in [0, 0.05) is 6.20 Å². The first-order chi connectivity index (χ1) is 8.61. The molecule has 0 aliphatic carbocycles. The number of ether oxygens (including phenoxy) is 1. The molecule has 2 rings (SSSR count). The van der Waals surface area contributed by atoms with E-state index in [1.165, 1.54) is 18.3 Å². The number of nitriles is 1. The van der Waals surface area contributed by atoms with Gasteiger partial charge in [-0.2, -0.15) is 5.26 Å². The van der Waals surface area contributed by atoms with E-state index in [9.17, 15) is 8.78 Å². The van der Waals surface area contributed by atoms with Crippen molar-refractivity contribution in [2.24, 2.45) is 0 Å². The number of rotatable bonds is 2. The average molecular weight is 267 g/mol. The summed E-state index contributed by atoms with van der Waals surface area (Å²) in [7, 11) is 0. The van der Waals surface area contributed by atoms with Crippen molar-refractivity contribution in [1.29, 1.82) is 5.26 Å². The van der Waals surface area contributed by atoms with Crippen LogP contribution in [-0.4, -0.2) is 4.98 Å². The predicted octanol–water partition coefficient (Wildman–Crippen LogP) is 3.68. The second-order valence-corrected chi connectivity index (χ2v) is 3.70. The first kappa shape index (κ1) is 12.3. The molecule has 0 aliphatic rings. The van der Waals surface area contributed by atoms with Gasteiger partial charge in [0.15, 0.2) is 5.82 Å². The Morgan fingerprint density at radius 1 is 1.28 bits per heavy atom. The molecule has 0 radical (unpaired) electrons. The number of pyridine rings is 1. The fourth-order valence-electron chi connectivity index (χ4n) is 1.28. The van der Waals surface area contributed by atoms with E-state index in [-0.39, 0.29) is 22.2 Å². The van der Waals surface area contributed by atoms with Gasteiger partial charge in [-0.25, -0.2) is 13.8 Å². The molecule has 0 atom stereocenters. The van der Waals surface area contributed by atoms with E-state index in [1.54, 1.807) is 6.07 Å². The SMILES string of the molecule is N#Cc1c(F)cccc1Oc1ncc(Cl)cc1F. The summed E-state index contributed by atoms with van der Waals surface area (Å²) in [6.45, 7) is 0. The van der Waals surface area contributed by atoms with E-state index in [4.69, 9.17) is 21.6 Å². The zero-order chi connectivity index (χ0) is 13.1. The molecule has 0 saturated heterocycles. The topological polar surface area (TPSA) is 45.9 Å². The van der Waals surface area contributed by atoms with Crippen LogP contribution in [0.25, 0.3) is 0 Å². The standard InChI is InChI=1S/C12H5ClF2N2O/c13-7-4-10(15)12(17-6-7)18-11-3-1-2-9(14)8(11)5-16/h1-4,6H. The van der Waals surface area contributed by atoms with Crippen molar-refractivity contribution < 1.29 is 13.5 Å². The number of benzene rings is 1. The third-order valence-electron chi connectivity index (χ3n) is 2.07. The Labute approximate surface area is 106 Å². The molecule has 0 spiro atoms. The van der Waals surface area contributed by atoms with Crippen LogP contribution in [-0.2, 0) is 0 Å². The van der Waals surface area contributed by atoms with Crippen LogP contribution in [0.3, 0.4) is 0 Å². The van der Waals surface area contributed by atoms with E-state index in [0.29, 0.717) is 0 Å². The van der Waals surface area contributed by atoms with Gasteiger partial charge in [0.2, 0.25) is 0 Å². The number of aromatic nitrogens is 1. The minimum atomic E-state index is -0.796. The highest BCUT2D eigenvalue weighted by atomic mass is 35.5. The summed E-state index contributed by atoms with van der Waals surface area (Å²) in [5.41, 5.74) is -0.311. The number of nitrogens with zero attached hydrogens (tertiary/aromatic N) is 2. The van der Waals surface area contributed by atoms with Crippen molar-refractivity contribution in [3.63, 3.8) is 0 Å². The molecule has 1 heterocycles. The van der Waals surface area contributed by atoms with Crippen LogP contribution in [0.5, 0.6) is 11.6 Å². The molecule has 0 N–H and O–H groups in total. The van der Waals surface area contributed by atoms with E-state index < -0.39 is 11.6 Å². The van der Waals surface area contributed by atoms with Crippen molar-refractivity contribution in [2.45, 2.75) is 0 Å². The molecular weight excluding hydrogens is 262 g/mol. The third kappa shape index (κ3) is 2.39. The van der Waals surface area contributed by atoms with Gasteiger partial charge >= 0.3 is 0 Å². The molecule has 18 heavy (non-hydrogen) atoms. The van der Waals surface area contributed by atoms with Gasteiger partial charge in [-0.1, -0.05) is 17.7 Å². The van der Waals surface area contributed by atoms with E-state index >= 15 is 0 Å². The molecular formula is C12H5ClF2N2O. The molecule has 2 aromatic rings. The molecule has 0 saturated carbocycles. The maximum atomic E-state index is 13.4. The first-order valence-electron chi connectivity index (χ1n) is 4.79. The van der Waals surface area contributed by atoms with Crippen molar-refractivity contribution in [3.05, 3.63) is 52.7 Å². The lowest BCUT2D eigenvalue weighted by Crippen LogP contribution is -1.95. The van der Waals surface area contributed by atoms with Gasteiger partial charge in [0.1, 0.15) is 23.2 Å². The van der Waals surface area contributed by atoms with Crippen LogP contribution in [0.4, 0.5) is 8.78 Å². The molecule has 3 nitrogen and oxygen atoms in total. The summed E-state index contributed by atoms with van der Waals surface area (Å²) in [5.74, 6) is -2.02. The fraction of sp³-hybridized carbons (Fsp3) is 0. The third-order valence-corrected chi connectivity index (χ3v) is 2.27. The van der Waals surface area contributed by atoms with Crippen LogP contribution >= 0.6 is 11.6 Å². The Morgan fingerprint density at radius 3 is 2.72 bits per heavy atom. The molecule has 0 fully saturated rings. The van der Waals surface area contributed by atoms with Gasteiger partial charge in [-0.15, -0.1) is 0 Å². The summed E-state index contributed by atoms with van der Waals surface area (Å²) in [4.78, 5) is 3.62. The van der Waals surface area contributed by atoms with Crippen LogP contribution < -0.4 is 4.74 Å². The van der Waals surface area contributed by atoms with E-state index in [0.717, 1.165) is 12.1 Å². The predicted molar refractivity (Wildman–Crippen MR) is 60.4 cm³/mol. The van der Waals surface area contributed by atoms with Gasteiger partial charge in [0.05, 0.1) is 5.02 Å². The Balaban J connectivity index is 2.41. The van der Waals surface area contributed by atoms with E-state index in [1.807, 2.05) is 0 Å². The zero-order valence-corrected chi connectivity index (χ0v) is 9.58. The summed E-state index contributed by atoms with van der Waals surface area (Å²) >= 11 is 5.53. The summed E-state index contributed by atoms with van der Waals surface area (Å²) < 4.78 is 31.8. The largest absolute Gasteiger partial charge is 0.435 e. The van der Waals surface area contributed by atoms with Gasteiger partial charge in [-0.3, -0.25) is 0 Å². The molecule has 90 valence electrons. The van der Waals surface area contributed by atoms with Gasteiger partial charge in [0.25, 0.3) is 5.88 Å². The average Bonchev–Trinajstić information content (AvgIpc) is 2.33. The second kappa shape index (κ2) is 4.98. The van der Waals surface area contributed by atoms with Crippen LogP contribution in [0.15, 0.2) is 30.5 Å². The zero-order valence-electron chi connectivity index (χ0n) is 8.82. The number of hydrogen-bond acceptors (Lipinski definition) is 3. The molecule has 0 amide bonds. The Bertz CT molecular complexity index is 640. The van der Waals surface area contributed by atoms with E-state index in [2.05, 4.69) is 4.98 Å². The van der Waals surface area contributed by atoms with Crippen LogP contribution in [0.2, 0.25) is 5.02 Å². The minimum Gasteiger partial charge on any atom is -0.435 e. The Morgan fingerprint density at radius 2 is 2.06 bits per heavy atom. The van der Waals surface area contributed by atoms with Crippen LogP contribution in [0.1, 0.15) is 5.56 Å². The quantitative estimate of drug-likeness (QED) is 0.833. The van der Waals surface area contributed by atoms with Crippen molar-refractivity contribution in [1.82, 2.24) is 4.98 Å². The molecule has 1 aromatic carbocycles. The van der Waals surface area contributed by atoms with Gasteiger partial charge in [-0.05, 0) is 18.2 Å². The Kier molecular flexibility index (Phi) is 3.40. The molecule has 0 unspecified atom stereocenters. The van der Waals surface area contributed by atoms with Crippen molar-refractivity contribution in [3.8, 4) is 17.7 Å². The molecule has 1 aromatic heterocycles. The summed E-state index contributed by atoms with van der Waals surface area (Å²) in [6.07, 6.45) is 1.19. The summed E-state index contributed by atoms with van der Waals surface area (Å²) in [5, 5.41) is 8.90. The Hall–Kier alpha value is -2.19. The molecule has 6 heteroatoms. The second-order valence-electron chi connectivity index (χ2n) is 3.27. The molecule has 0 aliphatic heterocycles. The lowest BCUT2D eigenvalue weighted by molar-refractivity contribution is 0.418. The van der Waals surface area contributed by atoms with Crippen LogP contribution in [0, 0.1) is 23.0 Å². The summed E-state index contributed by atoms with van der Waals surface area (Å²) in [6, 6.07) is 6.45. The smallest absolute Gasteiger partial charge is 0.256 e. The highest BCUT2D eigenvalue weighted by Gasteiger charge is 2.13. The highest BCUT2D eigenvalue weighted by Crippen LogP contribution is 2.27. The maximum absolute atomic E-state index is 13.4. The normalized spacial score (nSPS) is 9.89. The first-order valence-corrected chi connectivity index (χ1v) is 5.17. The van der Waals surface area contributed by atoms with Gasteiger partial charge < -0.3 is 4.74 Å². The molecule has 0 bridgehead atoms. The van der Waals surface area contributed by atoms with Crippen molar-refractivity contribution in [2.75, 3.05) is 0 Å². The minimum absolute atomic E-state index is 0.105. The lowest BCUT2D eigenvalue weighted by atomic mass is 10.2. The fourth-order valence-corrected chi connectivity index (χ4v) is 1.42. The maximum Gasteiger partial charge on any atom is 0.256 e.